The van der Waals surface area contributed by atoms with Gasteiger partial charge in [0.2, 0.25) is 0 Å². The molecule has 3 nitrogen and oxygen atoms in total. The van der Waals surface area contributed by atoms with Gasteiger partial charge in [0.05, 0.1) is 0 Å². The van der Waals surface area contributed by atoms with Gasteiger partial charge >= 0.3 is 0 Å². The first-order valence-electron chi connectivity index (χ1n) is 7.23. The summed E-state index contributed by atoms with van der Waals surface area (Å²) in [6.45, 7) is 4.68. The lowest BCUT2D eigenvalue weighted by molar-refractivity contribution is 0.0788. The number of Topliss-reactive ketones (excluding diaryl/α,β-unsaturated/α-hetero) is 1. The van der Waals surface area contributed by atoms with Gasteiger partial charge in [-0.2, -0.15) is 0 Å². The maximum atomic E-state index is 12.4. The Morgan fingerprint density at radius 3 is 2.55 bits per heavy atom. The summed E-state index contributed by atoms with van der Waals surface area (Å²) >= 11 is 0. The number of carbonyl (C=O) groups excluding carboxylic acids is 2. The molecule has 0 bridgehead atoms. The number of nitrogens with zero attached hydrogens (tertiary/aromatic N) is 1. The standard InChI is InChI=1S/C18H16BNO2/c1-12(17(21)13-6-3-2-4-7-13)10-20-11-15-14(18(20)22)8-5-9-16(15)19/h2-9H,1,10-11,19H2. The second-order valence-electron chi connectivity index (χ2n) is 5.56. The highest BCUT2D eigenvalue weighted by molar-refractivity contribution is 6.34. The van der Waals surface area contributed by atoms with Crippen LogP contribution in [0.5, 0.6) is 0 Å². The molecule has 0 unspecified atom stereocenters. The molecule has 1 aliphatic heterocycles. The number of ketones is 1. The molecule has 0 saturated carbocycles. The van der Waals surface area contributed by atoms with Gasteiger partial charge < -0.3 is 4.90 Å². The van der Waals surface area contributed by atoms with E-state index in [9.17, 15) is 9.59 Å². The highest BCUT2D eigenvalue weighted by atomic mass is 16.2. The van der Waals surface area contributed by atoms with E-state index in [0.29, 0.717) is 17.7 Å². The topological polar surface area (TPSA) is 37.4 Å². The summed E-state index contributed by atoms with van der Waals surface area (Å²) in [6.07, 6.45) is 0. The highest BCUT2D eigenvalue weighted by Crippen LogP contribution is 2.22. The van der Waals surface area contributed by atoms with Crippen molar-refractivity contribution in [3.05, 3.63) is 77.4 Å². The molecule has 3 rings (SSSR count). The van der Waals surface area contributed by atoms with Gasteiger partial charge in [-0.3, -0.25) is 9.59 Å². The Hall–Kier alpha value is -2.62. The average Bonchev–Trinajstić information content (AvgIpc) is 2.85. The Labute approximate surface area is 130 Å². The molecular weight excluding hydrogens is 273 g/mol. The Morgan fingerprint density at radius 2 is 1.86 bits per heavy atom. The molecule has 1 heterocycles. The molecule has 0 saturated heterocycles. The molecule has 1 amide bonds. The van der Waals surface area contributed by atoms with Gasteiger partial charge in [-0.1, -0.05) is 54.5 Å². The summed E-state index contributed by atoms with van der Waals surface area (Å²) in [6, 6.07) is 14.8. The van der Waals surface area contributed by atoms with E-state index in [1.165, 1.54) is 0 Å². The van der Waals surface area contributed by atoms with Crippen molar-refractivity contribution in [3.63, 3.8) is 0 Å². The molecule has 1 aliphatic rings. The van der Waals surface area contributed by atoms with Crippen molar-refractivity contribution < 1.29 is 9.59 Å². The molecule has 2 aromatic rings. The van der Waals surface area contributed by atoms with Crippen molar-refractivity contribution in [2.45, 2.75) is 6.54 Å². The maximum Gasteiger partial charge on any atom is 0.254 e. The van der Waals surface area contributed by atoms with Crippen molar-refractivity contribution in [2.24, 2.45) is 0 Å². The molecule has 22 heavy (non-hydrogen) atoms. The van der Waals surface area contributed by atoms with Gasteiger partial charge in [0.15, 0.2) is 5.78 Å². The van der Waals surface area contributed by atoms with Crippen molar-refractivity contribution in [1.29, 1.82) is 0 Å². The second-order valence-corrected chi connectivity index (χ2v) is 5.56. The number of hydrogen-bond acceptors (Lipinski definition) is 2. The van der Waals surface area contributed by atoms with E-state index in [1.54, 1.807) is 17.0 Å². The SMILES string of the molecule is Bc1cccc2c1CN(CC(=C)C(=O)c1ccccc1)C2=O. The van der Waals surface area contributed by atoms with Crippen molar-refractivity contribution >= 4 is 25.0 Å². The van der Waals surface area contributed by atoms with Crippen LogP contribution in [0.2, 0.25) is 0 Å². The third kappa shape index (κ3) is 2.48. The van der Waals surface area contributed by atoms with Crippen LogP contribution in [0.25, 0.3) is 0 Å². The third-order valence-electron chi connectivity index (χ3n) is 4.02. The van der Waals surface area contributed by atoms with E-state index in [-0.39, 0.29) is 18.2 Å². The molecule has 0 fully saturated rings. The monoisotopic (exact) mass is 289 g/mol. The minimum absolute atomic E-state index is 0.0271. The van der Waals surface area contributed by atoms with Crippen LogP contribution in [0.4, 0.5) is 0 Å². The van der Waals surface area contributed by atoms with E-state index in [4.69, 9.17) is 0 Å². The summed E-state index contributed by atoms with van der Waals surface area (Å²) in [4.78, 5) is 26.4. The van der Waals surface area contributed by atoms with Crippen LogP contribution < -0.4 is 5.46 Å². The Bertz CT molecular complexity index is 768. The molecule has 0 N–H and O–H groups in total. The van der Waals surface area contributed by atoms with Crippen molar-refractivity contribution in [2.75, 3.05) is 6.54 Å². The number of benzene rings is 2. The zero-order valence-electron chi connectivity index (χ0n) is 12.5. The molecule has 0 aromatic heterocycles. The van der Waals surface area contributed by atoms with Crippen molar-refractivity contribution in [1.82, 2.24) is 4.90 Å². The lowest BCUT2D eigenvalue weighted by Gasteiger charge is -2.16. The second kappa shape index (κ2) is 5.64. The van der Waals surface area contributed by atoms with E-state index < -0.39 is 0 Å². The zero-order valence-corrected chi connectivity index (χ0v) is 12.5. The summed E-state index contributed by atoms with van der Waals surface area (Å²) in [5, 5.41) is 0. The normalized spacial score (nSPS) is 13.1. The molecular formula is C18H16BNO2. The minimum atomic E-state index is -0.110. The molecule has 4 heteroatoms. The molecule has 0 aliphatic carbocycles. The molecule has 108 valence electrons. The Kier molecular flexibility index (Phi) is 3.67. The van der Waals surface area contributed by atoms with E-state index >= 15 is 0 Å². The van der Waals surface area contributed by atoms with Crippen LogP contribution in [0.3, 0.4) is 0 Å². The number of hydrogen-bond donors (Lipinski definition) is 0. The van der Waals surface area contributed by atoms with Gasteiger partial charge in [-0.15, -0.1) is 0 Å². The Morgan fingerprint density at radius 1 is 1.14 bits per heavy atom. The molecule has 0 spiro atoms. The van der Waals surface area contributed by atoms with E-state index in [0.717, 1.165) is 16.6 Å². The number of carbonyl (C=O) groups is 2. The van der Waals surface area contributed by atoms with Crippen LogP contribution in [0.1, 0.15) is 26.3 Å². The number of rotatable bonds is 4. The smallest absolute Gasteiger partial charge is 0.254 e. The number of amides is 1. The number of fused-ring (bicyclic) bond motifs is 1. The molecule has 0 radical (unpaired) electrons. The van der Waals surface area contributed by atoms with Crippen molar-refractivity contribution in [3.8, 4) is 0 Å². The van der Waals surface area contributed by atoms with Gasteiger partial charge in [-0.25, -0.2) is 0 Å². The van der Waals surface area contributed by atoms with Gasteiger partial charge in [0.1, 0.15) is 7.85 Å². The predicted octanol–water partition coefficient (Wildman–Crippen LogP) is 1.34. The van der Waals surface area contributed by atoms with Gasteiger partial charge in [0.25, 0.3) is 5.91 Å². The first-order valence-corrected chi connectivity index (χ1v) is 7.23. The fourth-order valence-electron chi connectivity index (χ4n) is 2.77. The first-order chi connectivity index (χ1) is 10.6. The highest BCUT2D eigenvalue weighted by Gasteiger charge is 2.29. The Balaban J connectivity index is 1.76. The van der Waals surface area contributed by atoms with E-state index in [1.807, 2.05) is 44.2 Å². The average molecular weight is 289 g/mol. The zero-order chi connectivity index (χ0) is 15.7. The maximum absolute atomic E-state index is 12.4. The third-order valence-corrected chi connectivity index (χ3v) is 4.02. The van der Waals surface area contributed by atoms with E-state index in [2.05, 4.69) is 6.58 Å². The fraction of sp³-hybridized carbons (Fsp3) is 0.111. The largest absolute Gasteiger partial charge is 0.330 e. The predicted molar refractivity (Wildman–Crippen MR) is 89.3 cm³/mol. The van der Waals surface area contributed by atoms with Crippen LogP contribution in [-0.2, 0) is 6.54 Å². The van der Waals surface area contributed by atoms with Crippen LogP contribution >= 0.6 is 0 Å². The first kappa shape index (κ1) is 14.3. The van der Waals surface area contributed by atoms with Gasteiger partial charge in [-0.05, 0) is 11.6 Å². The minimum Gasteiger partial charge on any atom is -0.330 e. The van der Waals surface area contributed by atoms with Crippen LogP contribution in [-0.4, -0.2) is 31.0 Å². The molecule has 0 atom stereocenters. The summed E-state index contributed by atoms with van der Waals surface area (Å²) in [7, 11) is 2.00. The summed E-state index contributed by atoms with van der Waals surface area (Å²) in [5.74, 6) is -0.137. The van der Waals surface area contributed by atoms with Crippen LogP contribution in [0.15, 0.2) is 60.7 Å². The fourth-order valence-corrected chi connectivity index (χ4v) is 2.77. The van der Waals surface area contributed by atoms with Gasteiger partial charge in [0, 0.05) is 29.8 Å². The summed E-state index contributed by atoms with van der Waals surface area (Å²) in [5.41, 5.74) is 3.93. The molecule has 2 aromatic carbocycles. The summed E-state index contributed by atoms with van der Waals surface area (Å²) < 4.78 is 0. The quantitative estimate of drug-likeness (QED) is 0.484. The van der Waals surface area contributed by atoms with Crippen LogP contribution in [0, 0.1) is 0 Å². The lowest BCUT2D eigenvalue weighted by atomic mass is 9.89. The lowest BCUT2D eigenvalue weighted by Crippen LogP contribution is -2.28.